The minimum absolute atomic E-state index is 0. The fourth-order valence-electron chi connectivity index (χ4n) is 0.833. The van der Waals surface area contributed by atoms with Crippen molar-refractivity contribution in [3.05, 3.63) is 12.2 Å². The topological polar surface area (TPSA) is 23.8 Å². The molecule has 0 heterocycles. The number of rotatable bonds is 5. The van der Waals surface area contributed by atoms with Crippen LogP contribution in [0.5, 0.6) is 0 Å². The number of allylic oxidation sites excluding steroid dienone is 2. The van der Waals surface area contributed by atoms with E-state index in [0.717, 1.165) is 0 Å². The number of hydrogen-bond acceptors (Lipinski definition) is 1. The Bertz CT molecular complexity index is 153. The van der Waals surface area contributed by atoms with E-state index in [9.17, 15) is 0 Å². The van der Waals surface area contributed by atoms with Crippen molar-refractivity contribution >= 4 is 0 Å². The Balaban J connectivity index is -0.0000000201. The first kappa shape index (κ1) is 49.6. The lowest BCUT2D eigenvalue weighted by atomic mass is 10.2. The molecule has 0 aromatic carbocycles. The lowest BCUT2D eigenvalue weighted by Crippen LogP contribution is -1.72. The second-order valence-electron chi connectivity index (χ2n) is 4.28. The van der Waals surface area contributed by atoms with E-state index in [-0.39, 0.29) is 43.1 Å². The molecule has 0 aliphatic heterocycles. The van der Waals surface area contributed by atoms with Gasteiger partial charge in [0.25, 0.3) is 0 Å². The van der Waals surface area contributed by atoms with Crippen molar-refractivity contribution in [2.45, 2.75) is 117 Å². The Morgan fingerprint density at radius 2 is 0.955 bits per heavy atom. The number of nitriles is 1. The maximum atomic E-state index is 7.89. The molecule has 1 heteroatoms. The number of unbranched alkanes of at least 4 members (excludes halogenated alkanes) is 3. The smallest absolute Gasteiger partial charge is 0.0649 e. The van der Waals surface area contributed by atoms with Gasteiger partial charge in [0.05, 0.1) is 6.07 Å². The summed E-state index contributed by atoms with van der Waals surface area (Å²) in [5.41, 5.74) is 0. The summed E-state index contributed by atoms with van der Waals surface area (Å²) in [6.07, 6.45) is 12.2. The highest BCUT2D eigenvalue weighted by molar-refractivity contribution is 4.77. The predicted octanol–water partition coefficient (Wildman–Crippen LogP) is 9.30. The highest BCUT2D eigenvalue weighted by atomic mass is 14.2. The molecule has 0 radical (unpaired) electrons. The molecule has 0 atom stereocenters. The zero-order chi connectivity index (χ0) is 13.9. The highest BCUT2D eigenvalue weighted by Gasteiger charge is 1.78. The van der Waals surface area contributed by atoms with Gasteiger partial charge in [-0.1, -0.05) is 103 Å². The number of hydrogen-bond donors (Lipinski definition) is 0. The molecule has 0 saturated heterocycles. The summed E-state index contributed by atoms with van der Waals surface area (Å²) in [4.78, 5) is 0. The Hall–Kier alpha value is -0.770. The van der Waals surface area contributed by atoms with Crippen molar-refractivity contribution < 1.29 is 0 Å². The largest absolute Gasteiger partial charge is 0.198 e. The van der Waals surface area contributed by atoms with E-state index in [1.165, 1.54) is 38.5 Å². The third-order valence-corrected chi connectivity index (χ3v) is 1.85. The maximum absolute atomic E-state index is 7.89. The Morgan fingerprint density at radius 3 is 1.05 bits per heavy atom. The van der Waals surface area contributed by atoms with Gasteiger partial charge in [0.2, 0.25) is 0 Å². The molecule has 0 aromatic heterocycles. The second kappa shape index (κ2) is 59.3. The van der Waals surface area contributed by atoms with Gasteiger partial charge in [-0.2, -0.15) is 5.26 Å². The molecule has 0 N–H and O–H groups in total. The van der Waals surface area contributed by atoms with Crippen LogP contribution in [0.2, 0.25) is 0 Å². The molecular formula is C21H53N. The van der Waals surface area contributed by atoms with Crippen LogP contribution < -0.4 is 0 Å². The first-order valence-electron chi connectivity index (χ1n) is 7.15. The Kier molecular flexibility index (Phi) is 134. The van der Waals surface area contributed by atoms with E-state index in [4.69, 9.17) is 5.26 Å². The third kappa shape index (κ3) is 122. The van der Waals surface area contributed by atoms with Gasteiger partial charge in [0.1, 0.15) is 0 Å². The van der Waals surface area contributed by atoms with Crippen molar-refractivity contribution in [3.8, 4) is 6.07 Å². The fraction of sp³-hybridized carbons (Fsp3) is 0.857. The first-order chi connectivity index (χ1) is 8.10. The molecule has 22 heavy (non-hydrogen) atoms. The minimum Gasteiger partial charge on any atom is -0.198 e. The third-order valence-electron chi connectivity index (χ3n) is 1.85. The average Bonchev–Trinajstić information content (AvgIpc) is 2.35. The summed E-state index contributed by atoms with van der Waals surface area (Å²) in [6.45, 7) is 12.5. The van der Waals surface area contributed by atoms with E-state index in [1.54, 1.807) is 0 Å². The molecule has 0 spiro atoms. The number of nitrogens with zero attached hydrogens (tertiary/aromatic N) is 1. The van der Waals surface area contributed by atoms with Crippen LogP contribution in [-0.2, 0) is 0 Å². The summed E-state index contributed by atoms with van der Waals surface area (Å²) < 4.78 is 0. The Labute approximate surface area is 147 Å². The van der Waals surface area contributed by atoms with Crippen LogP contribution in [0, 0.1) is 17.2 Å². The monoisotopic (exact) mass is 319 g/mol. The lowest BCUT2D eigenvalue weighted by Gasteiger charge is -1.86. The summed E-state index contributed by atoms with van der Waals surface area (Å²) >= 11 is 0. The molecule has 0 bridgehead atoms. The van der Waals surface area contributed by atoms with Gasteiger partial charge in [-0.25, -0.2) is 0 Å². The normalized spacial score (nSPS) is 7.00. The van der Waals surface area contributed by atoms with Gasteiger partial charge in [-0.15, -0.1) is 0 Å². The van der Waals surface area contributed by atoms with Crippen LogP contribution in [0.25, 0.3) is 0 Å². The summed E-state index contributed by atoms with van der Waals surface area (Å²) in [5.74, 6) is 0.190. The molecule has 0 aromatic rings. The minimum atomic E-state index is 0. The van der Waals surface area contributed by atoms with Gasteiger partial charge in [0, 0.05) is 5.92 Å². The van der Waals surface area contributed by atoms with Crippen molar-refractivity contribution in [2.75, 3.05) is 0 Å². The molecule has 0 amide bonds. The quantitative estimate of drug-likeness (QED) is 0.365. The first-order valence-corrected chi connectivity index (χ1v) is 7.15. The van der Waals surface area contributed by atoms with Crippen LogP contribution in [0.15, 0.2) is 12.2 Å². The van der Waals surface area contributed by atoms with Crippen molar-refractivity contribution in [2.24, 2.45) is 5.92 Å². The molecule has 0 rings (SSSR count). The van der Waals surface area contributed by atoms with Gasteiger partial charge < -0.3 is 0 Å². The van der Waals surface area contributed by atoms with Crippen molar-refractivity contribution in [1.29, 1.82) is 5.26 Å². The second-order valence-corrected chi connectivity index (χ2v) is 4.28. The molecule has 0 unspecified atom stereocenters. The van der Waals surface area contributed by atoms with Gasteiger partial charge >= 0.3 is 0 Å². The van der Waals surface area contributed by atoms with E-state index < -0.39 is 0 Å². The highest BCUT2D eigenvalue weighted by Crippen LogP contribution is 1.95. The summed E-state index contributed by atoms with van der Waals surface area (Å²) in [7, 11) is 0. The molecular weight excluding hydrogens is 266 g/mol. The van der Waals surface area contributed by atoms with Gasteiger partial charge in [-0.3, -0.25) is 0 Å². The van der Waals surface area contributed by atoms with E-state index >= 15 is 0 Å². The molecule has 0 aliphatic rings. The zero-order valence-electron chi connectivity index (χ0n) is 12.9. The van der Waals surface area contributed by atoms with Crippen LogP contribution in [0.3, 0.4) is 0 Å². The Morgan fingerprint density at radius 1 is 0.727 bits per heavy atom. The molecule has 1 nitrogen and oxygen atoms in total. The standard InChI is InChI=1S/C6H14.C6H12.C4H7N.5CH4/c2*1-3-5-6-4-2;1-4(2)3-5;;;;;/h3-6H2,1-2H3;5-6H,3-4H2,1-2H3;4H,1-2H3;5*1H4. The lowest BCUT2D eigenvalue weighted by molar-refractivity contribution is 0.702. The van der Waals surface area contributed by atoms with Crippen molar-refractivity contribution in [1.82, 2.24) is 0 Å². The zero-order valence-corrected chi connectivity index (χ0v) is 12.9. The van der Waals surface area contributed by atoms with E-state index in [2.05, 4.69) is 39.8 Å². The molecule has 142 valence electrons. The fourth-order valence-corrected chi connectivity index (χ4v) is 0.833. The maximum Gasteiger partial charge on any atom is 0.0649 e. The van der Waals surface area contributed by atoms with Gasteiger partial charge in [-0.05, 0) is 26.7 Å². The molecule has 0 saturated carbocycles. The average molecular weight is 320 g/mol. The van der Waals surface area contributed by atoms with Crippen LogP contribution in [0.4, 0.5) is 0 Å². The summed E-state index contributed by atoms with van der Waals surface area (Å²) in [5, 5.41) is 7.89. The molecule has 0 fully saturated rings. The van der Waals surface area contributed by atoms with Crippen LogP contribution in [0.1, 0.15) is 117 Å². The predicted molar refractivity (Wildman–Crippen MR) is 114 cm³/mol. The van der Waals surface area contributed by atoms with E-state index in [0.29, 0.717) is 0 Å². The van der Waals surface area contributed by atoms with Crippen LogP contribution >= 0.6 is 0 Å². The summed E-state index contributed by atoms with van der Waals surface area (Å²) in [6, 6.07) is 2.03. The molecule has 0 aliphatic carbocycles. The van der Waals surface area contributed by atoms with E-state index in [1.807, 2.05) is 19.9 Å². The SMILES string of the molecule is C.C.C.C.C.CC(C)C#N.CCC=CCC.CCCCCC. The van der Waals surface area contributed by atoms with Crippen molar-refractivity contribution in [3.63, 3.8) is 0 Å². The van der Waals surface area contributed by atoms with Crippen LogP contribution in [-0.4, -0.2) is 0 Å². The van der Waals surface area contributed by atoms with Gasteiger partial charge in [0.15, 0.2) is 0 Å².